The number of methoxy groups -OCH3 is 1. The van der Waals surface area contributed by atoms with E-state index in [2.05, 4.69) is 24.2 Å². The zero-order valence-corrected chi connectivity index (χ0v) is 10.7. The van der Waals surface area contributed by atoms with Crippen molar-refractivity contribution in [2.75, 3.05) is 27.2 Å². The van der Waals surface area contributed by atoms with Crippen molar-refractivity contribution in [3.63, 3.8) is 0 Å². The second-order valence-electron chi connectivity index (χ2n) is 4.63. The van der Waals surface area contributed by atoms with Gasteiger partial charge in [-0.2, -0.15) is 0 Å². The molecule has 1 rings (SSSR count). The molecule has 0 spiro atoms. The number of hydrogen-bond acceptors (Lipinski definition) is 4. The lowest BCUT2D eigenvalue weighted by atomic mass is 10.1. The molecule has 2 atom stereocenters. The quantitative estimate of drug-likeness (QED) is 0.689. The van der Waals surface area contributed by atoms with Gasteiger partial charge in [0.15, 0.2) is 0 Å². The number of rotatable bonds is 6. The minimum absolute atomic E-state index is 0.122. The Kier molecular flexibility index (Phi) is 5.77. The topological polar surface area (TPSA) is 41.6 Å². The van der Waals surface area contributed by atoms with Gasteiger partial charge in [-0.3, -0.25) is 4.79 Å². The van der Waals surface area contributed by atoms with Crippen molar-refractivity contribution in [1.29, 1.82) is 0 Å². The van der Waals surface area contributed by atoms with Crippen LogP contribution in [-0.2, 0) is 9.53 Å². The number of esters is 1. The molecule has 4 nitrogen and oxygen atoms in total. The lowest BCUT2D eigenvalue weighted by Crippen LogP contribution is -2.44. The zero-order chi connectivity index (χ0) is 12.0. The fourth-order valence-electron chi connectivity index (χ4n) is 2.18. The molecule has 94 valence electrons. The number of ether oxygens (including phenoxy) is 1. The first-order chi connectivity index (χ1) is 7.67. The van der Waals surface area contributed by atoms with E-state index in [0.29, 0.717) is 6.04 Å². The van der Waals surface area contributed by atoms with Crippen LogP contribution in [0, 0.1) is 0 Å². The van der Waals surface area contributed by atoms with E-state index in [9.17, 15) is 4.79 Å². The smallest absolute Gasteiger partial charge is 0.322 e. The van der Waals surface area contributed by atoms with E-state index < -0.39 is 0 Å². The number of carbonyl (C=O) groups is 1. The number of nitrogens with zero attached hydrogens (tertiary/aromatic N) is 1. The van der Waals surface area contributed by atoms with Gasteiger partial charge in [0, 0.05) is 12.6 Å². The standard InChI is InChI=1S/C12H24N2O2/c1-4-5-6-11(12(15)16-3)13-10-7-8-14(2)9-10/h10-11,13H,4-9H2,1-3H3. The third kappa shape index (κ3) is 4.10. The highest BCUT2D eigenvalue weighted by Gasteiger charge is 2.26. The molecule has 0 radical (unpaired) electrons. The molecule has 4 heteroatoms. The van der Waals surface area contributed by atoms with E-state index in [1.165, 1.54) is 7.11 Å². The predicted octanol–water partition coefficient (Wildman–Crippen LogP) is 1.01. The van der Waals surface area contributed by atoms with E-state index in [4.69, 9.17) is 4.74 Å². The van der Waals surface area contributed by atoms with Crippen molar-refractivity contribution in [1.82, 2.24) is 10.2 Å². The zero-order valence-electron chi connectivity index (χ0n) is 10.7. The SMILES string of the molecule is CCCCC(NC1CCN(C)C1)C(=O)OC. The van der Waals surface area contributed by atoms with Gasteiger partial charge in [-0.15, -0.1) is 0 Å². The summed E-state index contributed by atoms with van der Waals surface area (Å²) in [5, 5.41) is 3.42. The van der Waals surface area contributed by atoms with Crippen molar-refractivity contribution in [2.45, 2.75) is 44.7 Å². The average molecular weight is 228 g/mol. The van der Waals surface area contributed by atoms with Crippen LogP contribution < -0.4 is 5.32 Å². The van der Waals surface area contributed by atoms with Crippen LogP contribution in [0.1, 0.15) is 32.6 Å². The van der Waals surface area contributed by atoms with Gasteiger partial charge in [0.1, 0.15) is 6.04 Å². The fourth-order valence-corrected chi connectivity index (χ4v) is 2.18. The van der Waals surface area contributed by atoms with Gasteiger partial charge < -0.3 is 15.0 Å². The van der Waals surface area contributed by atoms with Crippen molar-refractivity contribution in [3.8, 4) is 0 Å². The summed E-state index contributed by atoms with van der Waals surface area (Å²) in [6.07, 6.45) is 4.18. The van der Waals surface area contributed by atoms with Crippen LogP contribution in [0.15, 0.2) is 0 Å². The summed E-state index contributed by atoms with van der Waals surface area (Å²) >= 11 is 0. The number of nitrogens with one attached hydrogen (secondary N) is 1. The van der Waals surface area contributed by atoms with Gasteiger partial charge in [0.25, 0.3) is 0 Å². The van der Waals surface area contributed by atoms with Gasteiger partial charge in [-0.1, -0.05) is 19.8 Å². The van der Waals surface area contributed by atoms with Crippen LogP contribution in [0.3, 0.4) is 0 Å². The number of carbonyl (C=O) groups excluding carboxylic acids is 1. The molecule has 1 aliphatic rings. The van der Waals surface area contributed by atoms with Crippen LogP contribution in [0.5, 0.6) is 0 Å². The lowest BCUT2D eigenvalue weighted by molar-refractivity contribution is -0.143. The third-order valence-corrected chi connectivity index (χ3v) is 3.16. The van der Waals surface area contributed by atoms with Gasteiger partial charge in [-0.25, -0.2) is 0 Å². The molecule has 2 unspecified atom stereocenters. The Morgan fingerprint density at radius 1 is 1.62 bits per heavy atom. The highest BCUT2D eigenvalue weighted by Crippen LogP contribution is 2.10. The number of likely N-dealkylation sites (tertiary alicyclic amines) is 1. The van der Waals surface area contributed by atoms with Crippen LogP contribution in [0.25, 0.3) is 0 Å². The maximum absolute atomic E-state index is 11.6. The molecule has 0 aromatic heterocycles. The first-order valence-corrected chi connectivity index (χ1v) is 6.19. The lowest BCUT2D eigenvalue weighted by Gasteiger charge is -2.20. The largest absolute Gasteiger partial charge is 0.468 e. The Morgan fingerprint density at radius 2 is 2.38 bits per heavy atom. The van der Waals surface area contributed by atoms with Crippen molar-refractivity contribution in [3.05, 3.63) is 0 Å². The molecule has 16 heavy (non-hydrogen) atoms. The number of likely N-dealkylation sites (N-methyl/N-ethyl adjacent to an activating group) is 1. The van der Waals surface area contributed by atoms with Gasteiger partial charge in [-0.05, 0) is 26.4 Å². The molecule has 1 N–H and O–H groups in total. The Morgan fingerprint density at radius 3 is 2.88 bits per heavy atom. The van der Waals surface area contributed by atoms with Crippen LogP contribution >= 0.6 is 0 Å². The maximum Gasteiger partial charge on any atom is 0.322 e. The van der Waals surface area contributed by atoms with Crippen LogP contribution in [0.4, 0.5) is 0 Å². The molecule has 0 aromatic rings. The fraction of sp³-hybridized carbons (Fsp3) is 0.917. The first-order valence-electron chi connectivity index (χ1n) is 6.19. The summed E-state index contributed by atoms with van der Waals surface area (Å²) in [5.74, 6) is -0.122. The summed E-state index contributed by atoms with van der Waals surface area (Å²) in [7, 11) is 3.57. The number of unbranched alkanes of at least 4 members (excludes halogenated alkanes) is 1. The van der Waals surface area contributed by atoms with E-state index in [1.54, 1.807) is 0 Å². The first kappa shape index (κ1) is 13.5. The Labute approximate surface area is 98.3 Å². The van der Waals surface area contributed by atoms with Gasteiger partial charge >= 0.3 is 5.97 Å². The van der Waals surface area contributed by atoms with Crippen molar-refractivity contribution < 1.29 is 9.53 Å². The average Bonchev–Trinajstić information content (AvgIpc) is 2.69. The Balaban J connectivity index is 2.39. The predicted molar refractivity (Wildman–Crippen MR) is 64.4 cm³/mol. The highest BCUT2D eigenvalue weighted by molar-refractivity contribution is 5.75. The molecular weight excluding hydrogens is 204 g/mol. The monoisotopic (exact) mass is 228 g/mol. The molecule has 0 bridgehead atoms. The minimum Gasteiger partial charge on any atom is -0.468 e. The van der Waals surface area contributed by atoms with E-state index in [1.807, 2.05) is 0 Å². The highest BCUT2D eigenvalue weighted by atomic mass is 16.5. The van der Waals surface area contributed by atoms with Crippen LogP contribution in [-0.4, -0.2) is 50.2 Å². The Bertz CT molecular complexity index is 221. The molecule has 0 amide bonds. The third-order valence-electron chi connectivity index (χ3n) is 3.16. The summed E-state index contributed by atoms with van der Waals surface area (Å²) in [6.45, 7) is 4.27. The van der Waals surface area contributed by atoms with E-state index in [0.717, 1.165) is 38.8 Å². The van der Waals surface area contributed by atoms with Crippen molar-refractivity contribution in [2.24, 2.45) is 0 Å². The maximum atomic E-state index is 11.6. The summed E-state index contributed by atoms with van der Waals surface area (Å²) < 4.78 is 4.83. The van der Waals surface area contributed by atoms with E-state index >= 15 is 0 Å². The molecule has 0 aromatic carbocycles. The van der Waals surface area contributed by atoms with Crippen LogP contribution in [0.2, 0.25) is 0 Å². The molecule has 1 saturated heterocycles. The number of hydrogen-bond donors (Lipinski definition) is 1. The molecule has 1 aliphatic heterocycles. The molecule has 1 heterocycles. The summed E-state index contributed by atoms with van der Waals surface area (Å²) in [5.41, 5.74) is 0. The summed E-state index contributed by atoms with van der Waals surface area (Å²) in [4.78, 5) is 13.9. The minimum atomic E-state index is -0.124. The summed E-state index contributed by atoms with van der Waals surface area (Å²) in [6, 6.07) is 0.312. The van der Waals surface area contributed by atoms with Gasteiger partial charge in [0.05, 0.1) is 7.11 Å². The molecule has 0 aliphatic carbocycles. The second kappa shape index (κ2) is 6.86. The second-order valence-corrected chi connectivity index (χ2v) is 4.63. The van der Waals surface area contributed by atoms with Gasteiger partial charge in [0.2, 0.25) is 0 Å². The molecular formula is C12H24N2O2. The molecule has 0 saturated carbocycles. The van der Waals surface area contributed by atoms with Crippen molar-refractivity contribution >= 4 is 5.97 Å². The molecule has 1 fully saturated rings. The Hall–Kier alpha value is -0.610. The normalized spacial score (nSPS) is 23.3. The van der Waals surface area contributed by atoms with E-state index in [-0.39, 0.29) is 12.0 Å².